The molecule has 0 aliphatic rings. The summed E-state index contributed by atoms with van der Waals surface area (Å²) < 4.78 is 12.9. The summed E-state index contributed by atoms with van der Waals surface area (Å²) >= 11 is 0. The van der Waals surface area contributed by atoms with Crippen LogP contribution in [0.15, 0.2) is 42.5 Å². The summed E-state index contributed by atoms with van der Waals surface area (Å²) in [7, 11) is 0. The molecule has 0 atom stereocenters. The van der Waals surface area contributed by atoms with Gasteiger partial charge in [0, 0.05) is 24.3 Å². The van der Waals surface area contributed by atoms with Crippen LogP contribution in [0.25, 0.3) is 0 Å². The van der Waals surface area contributed by atoms with Crippen LogP contribution >= 0.6 is 0 Å². The van der Waals surface area contributed by atoms with Crippen LogP contribution < -0.4 is 10.6 Å². The lowest BCUT2D eigenvalue weighted by Gasteiger charge is -2.12. The molecule has 4 heteroatoms. The molecule has 110 valence electrons. The van der Waals surface area contributed by atoms with E-state index >= 15 is 0 Å². The van der Waals surface area contributed by atoms with Crippen molar-refractivity contribution in [2.75, 3.05) is 10.6 Å². The Balaban J connectivity index is 2.06. The standard InChI is InChI=1S/C17H19FN2O/c1-3-17(21)20-15-9-4-12(2)16(10-15)19-11-13-5-7-14(18)8-6-13/h4-10,19H,3,11H2,1-2H3,(H,20,21). The molecule has 2 aromatic rings. The molecule has 0 aliphatic heterocycles. The SMILES string of the molecule is CCC(=O)Nc1ccc(C)c(NCc2ccc(F)cc2)c1. The molecule has 1 amide bonds. The van der Waals surface area contributed by atoms with Gasteiger partial charge in [-0.1, -0.05) is 25.1 Å². The molecule has 3 nitrogen and oxygen atoms in total. The third-order valence-electron chi connectivity index (χ3n) is 3.24. The fraction of sp³-hybridized carbons (Fsp3) is 0.235. The van der Waals surface area contributed by atoms with E-state index in [1.165, 1.54) is 12.1 Å². The topological polar surface area (TPSA) is 41.1 Å². The van der Waals surface area contributed by atoms with Crippen molar-refractivity contribution in [1.82, 2.24) is 0 Å². The quantitative estimate of drug-likeness (QED) is 0.869. The van der Waals surface area contributed by atoms with Crippen LogP contribution in [0.4, 0.5) is 15.8 Å². The lowest BCUT2D eigenvalue weighted by Crippen LogP contribution is -2.10. The molecule has 0 saturated carbocycles. The van der Waals surface area contributed by atoms with E-state index in [-0.39, 0.29) is 11.7 Å². The number of benzene rings is 2. The molecule has 0 aromatic heterocycles. The van der Waals surface area contributed by atoms with Crippen molar-refractivity contribution in [3.63, 3.8) is 0 Å². The average Bonchev–Trinajstić information content (AvgIpc) is 2.49. The minimum absolute atomic E-state index is 0.0108. The normalized spacial score (nSPS) is 10.2. The Morgan fingerprint density at radius 3 is 2.52 bits per heavy atom. The minimum Gasteiger partial charge on any atom is -0.381 e. The predicted molar refractivity (Wildman–Crippen MR) is 83.8 cm³/mol. The van der Waals surface area contributed by atoms with Gasteiger partial charge in [0.15, 0.2) is 0 Å². The first kappa shape index (κ1) is 15.0. The van der Waals surface area contributed by atoms with Gasteiger partial charge in [0.1, 0.15) is 5.82 Å². The first-order valence-corrected chi connectivity index (χ1v) is 6.97. The lowest BCUT2D eigenvalue weighted by atomic mass is 10.1. The minimum atomic E-state index is -0.237. The molecule has 0 bridgehead atoms. The van der Waals surface area contributed by atoms with Gasteiger partial charge < -0.3 is 10.6 Å². The fourth-order valence-electron chi connectivity index (χ4n) is 1.94. The Kier molecular flexibility index (Phi) is 4.93. The Morgan fingerprint density at radius 2 is 1.86 bits per heavy atom. The van der Waals surface area contributed by atoms with E-state index in [9.17, 15) is 9.18 Å². The Bertz CT molecular complexity index is 623. The van der Waals surface area contributed by atoms with E-state index < -0.39 is 0 Å². The number of aryl methyl sites for hydroxylation is 1. The maximum Gasteiger partial charge on any atom is 0.224 e. The fourth-order valence-corrected chi connectivity index (χ4v) is 1.94. The summed E-state index contributed by atoms with van der Waals surface area (Å²) in [5, 5.41) is 6.14. The lowest BCUT2D eigenvalue weighted by molar-refractivity contribution is -0.115. The Morgan fingerprint density at radius 1 is 1.14 bits per heavy atom. The largest absolute Gasteiger partial charge is 0.381 e. The molecule has 0 spiro atoms. The van der Waals surface area contributed by atoms with Crippen LogP contribution in [0.1, 0.15) is 24.5 Å². The molecule has 21 heavy (non-hydrogen) atoms. The molecular weight excluding hydrogens is 267 g/mol. The van der Waals surface area contributed by atoms with Gasteiger partial charge in [-0.25, -0.2) is 4.39 Å². The smallest absolute Gasteiger partial charge is 0.224 e. The second-order valence-corrected chi connectivity index (χ2v) is 4.91. The van der Waals surface area contributed by atoms with Crippen LogP contribution in [-0.2, 0) is 11.3 Å². The van der Waals surface area contributed by atoms with Crippen molar-refractivity contribution < 1.29 is 9.18 Å². The number of nitrogens with one attached hydrogen (secondary N) is 2. The molecule has 2 aromatic carbocycles. The van der Waals surface area contributed by atoms with E-state index in [2.05, 4.69) is 10.6 Å². The molecule has 2 N–H and O–H groups in total. The number of carbonyl (C=O) groups excluding carboxylic acids is 1. The zero-order chi connectivity index (χ0) is 15.2. The summed E-state index contributed by atoms with van der Waals surface area (Å²) in [6.45, 7) is 4.42. The molecule has 2 rings (SSSR count). The van der Waals surface area contributed by atoms with Crippen LogP contribution in [0, 0.1) is 12.7 Å². The highest BCUT2D eigenvalue weighted by molar-refractivity contribution is 5.91. The number of anilines is 2. The first-order chi connectivity index (χ1) is 10.1. The van der Waals surface area contributed by atoms with Gasteiger partial charge in [-0.2, -0.15) is 0 Å². The molecule has 0 saturated heterocycles. The number of hydrogen-bond acceptors (Lipinski definition) is 2. The molecule has 0 unspecified atom stereocenters. The van der Waals surface area contributed by atoms with Gasteiger partial charge in [-0.05, 0) is 42.3 Å². The molecule has 0 fully saturated rings. The maximum absolute atomic E-state index is 12.9. The summed E-state index contributed by atoms with van der Waals surface area (Å²) in [5.74, 6) is -0.248. The second-order valence-electron chi connectivity index (χ2n) is 4.91. The highest BCUT2D eigenvalue weighted by Crippen LogP contribution is 2.21. The third kappa shape index (κ3) is 4.31. The van der Waals surface area contributed by atoms with Gasteiger partial charge in [0.25, 0.3) is 0 Å². The highest BCUT2D eigenvalue weighted by atomic mass is 19.1. The monoisotopic (exact) mass is 286 g/mol. The van der Waals surface area contributed by atoms with E-state index in [1.807, 2.05) is 32.0 Å². The van der Waals surface area contributed by atoms with Crippen LogP contribution in [0.2, 0.25) is 0 Å². The van der Waals surface area contributed by atoms with Crippen molar-refractivity contribution in [3.8, 4) is 0 Å². The van der Waals surface area contributed by atoms with Gasteiger partial charge in [-0.3, -0.25) is 4.79 Å². The zero-order valence-corrected chi connectivity index (χ0v) is 12.2. The number of rotatable bonds is 5. The number of hydrogen-bond donors (Lipinski definition) is 2. The molecule has 0 aliphatic carbocycles. The first-order valence-electron chi connectivity index (χ1n) is 6.97. The van der Waals surface area contributed by atoms with E-state index in [0.29, 0.717) is 13.0 Å². The number of carbonyl (C=O) groups is 1. The Hall–Kier alpha value is -2.36. The third-order valence-corrected chi connectivity index (χ3v) is 3.24. The average molecular weight is 286 g/mol. The summed E-state index contributed by atoms with van der Waals surface area (Å²) in [4.78, 5) is 11.4. The zero-order valence-electron chi connectivity index (χ0n) is 12.2. The number of amides is 1. The summed E-state index contributed by atoms with van der Waals surface area (Å²) in [6, 6.07) is 12.1. The Labute approximate surface area is 124 Å². The van der Waals surface area contributed by atoms with Gasteiger partial charge in [0.05, 0.1) is 0 Å². The predicted octanol–water partition coefficient (Wildman–Crippen LogP) is 4.09. The highest BCUT2D eigenvalue weighted by Gasteiger charge is 2.03. The molecule has 0 heterocycles. The molecular formula is C17H19FN2O. The van der Waals surface area contributed by atoms with Gasteiger partial charge in [-0.15, -0.1) is 0 Å². The van der Waals surface area contributed by atoms with Crippen LogP contribution in [-0.4, -0.2) is 5.91 Å². The number of halogens is 1. The van der Waals surface area contributed by atoms with Crippen molar-refractivity contribution in [3.05, 3.63) is 59.4 Å². The van der Waals surface area contributed by atoms with Crippen LogP contribution in [0.5, 0.6) is 0 Å². The van der Waals surface area contributed by atoms with E-state index in [4.69, 9.17) is 0 Å². The second kappa shape index (κ2) is 6.88. The van der Waals surface area contributed by atoms with Crippen LogP contribution in [0.3, 0.4) is 0 Å². The molecule has 0 radical (unpaired) electrons. The summed E-state index contributed by atoms with van der Waals surface area (Å²) in [5.41, 5.74) is 3.81. The van der Waals surface area contributed by atoms with E-state index in [1.54, 1.807) is 12.1 Å². The van der Waals surface area contributed by atoms with Crippen molar-refractivity contribution in [1.29, 1.82) is 0 Å². The summed E-state index contributed by atoms with van der Waals surface area (Å²) in [6.07, 6.45) is 0.451. The van der Waals surface area contributed by atoms with Crippen molar-refractivity contribution in [2.24, 2.45) is 0 Å². The van der Waals surface area contributed by atoms with Gasteiger partial charge in [0.2, 0.25) is 5.91 Å². The van der Waals surface area contributed by atoms with E-state index in [0.717, 1.165) is 22.5 Å². The van der Waals surface area contributed by atoms with Crippen molar-refractivity contribution in [2.45, 2.75) is 26.8 Å². The van der Waals surface area contributed by atoms with Gasteiger partial charge >= 0.3 is 0 Å². The maximum atomic E-state index is 12.9. The van der Waals surface area contributed by atoms with Crippen molar-refractivity contribution >= 4 is 17.3 Å².